The zero-order chi connectivity index (χ0) is 20.4. The van der Waals surface area contributed by atoms with Crippen molar-refractivity contribution in [2.24, 2.45) is 0 Å². The molecule has 3 aromatic rings. The molecule has 150 valence electrons. The summed E-state index contributed by atoms with van der Waals surface area (Å²) in [7, 11) is -2.60. The van der Waals surface area contributed by atoms with E-state index in [1.54, 1.807) is 12.1 Å². The van der Waals surface area contributed by atoms with E-state index in [1.165, 1.54) is 18.7 Å². The highest BCUT2D eigenvalue weighted by Crippen LogP contribution is 2.58. The molecule has 2 aliphatic rings. The van der Waals surface area contributed by atoms with E-state index in [-0.39, 0.29) is 26.9 Å². The van der Waals surface area contributed by atoms with E-state index in [9.17, 15) is 8.42 Å². The van der Waals surface area contributed by atoms with Crippen molar-refractivity contribution in [3.05, 3.63) is 57.0 Å². The van der Waals surface area contributed by atoms with Crippen LogP contribution in [0.15, 0.2) is 50.3 Å². The van der Waals surface area contributed by atoms with Crippen LogP contribution in [0.2, 0.25) is 5.02 Å². The quantitative estimate of drug-likeness (QED) is 0.541. The standard InChI is InChI=1S/C20H16BrClN2O4S/c1-27-18-15(22)3-2-4-16(18)29(25,26)24-19-13-10-20(7-8-20)14-6-5-11(21)9-12(14)17(13)28-23-19/h2-6,9H,7-8,10H2,1H3,(H,23,24). The zero-order valence-corrected chi connectivity index (χ0v) is 18.5. The summed E-state index contributed by atoms with van der Waals surface area (Å²) >= 11 is 9.60. The van der Waals surface area contributed by atoms with Gasteiger partial charge in [0.05, 0.1) is 12.1 Å². The van der Waals surface area contributed by atoms with E-state index in [0.717, 1.165) is 28.4 Å². The van der Waals surface area contributed by atoms with Gasteiger partial charge in [-0.3, -0.25) is 4.72 Å². The minimum Gasteiger partial charge on any atom is -0.494 e. The number of methoxy groups -OCH3 is 1. The predicted octanol–water partition coefficient (Wildman–Crippen LogP) is 5.15. The smallest absolute Gasteiger partial charge is 0.266 e. The maximum Gasteiger partial charge on any atom is 0.266 e. The Labute approximate surface area is 181 Å². The minimum absolute atomic E-state index is 0.0303. The lowest BCUT2D eigenvalue weighted by Crippen LogP contribution is -2.20. The lowest BCUT2D eigenvalue weighted by Gasteiger charge is -2.24. The van der Waals surface area contributed by atoms with E-state index in [0.29, 0.717) is 12.2 Å². The SMILES string of the molecule is COc1c(Cl)cccc1S(=O)(=O)Nc1noc2c1CC1(CC1)c1ccc(Br)cc1-2. The molecule has 1 fully saturated rings. The number of aromatic nitrogens is 1. The van der Waals surface area contributed by atoms with Crippen LogP contribution in [0.25, 0.3) is 11.3 Å². The molecule has 29 heavy (non-hydrogen) atoms. The first-order valence-corrected chi connectivity index (χ1v) is 11.6. The van der Waals surface area contributed by atoms with Crippen LogP contribution in [0.3, 0.4) is 0 Å². The van der Waals surface area contributed by atoms with Crippen LogP contribution in [0.1, 0.15) is 24.0 Å². The number of anilines is 1. The van der Waals surface area contributed by atoms with Gasteiger partial charge in [-0.2, -0.15) is 0 Å². The Hall–Kier alpha value is -2.03. The fourth-order valence-electron chi connectivity index (χ4n) is 4.04. The van der Waals surface area contributed by atoms with Gasteiger partial charge in [0, 0.05) is 21.0 Å². The molecule has 5 rings (SSSR count). The molecule has 1 saturated carbocycles. The number of para-hydroxylation sites is 1. The second kappa shape index (κ2) is 6.48. The fourth-order valence-corrected chi connectivity index (χ4v) is 5.93. The molecule has 2 aromatic carbocycles. The summed E-state index contributed by atoms with van der Waals surface area (Å²) in [5, 5.41) is 4.27. The summed E-state index contributed by atoms with van der Waals surface area (Å²) in [6, 6.07) is 10.7. The monoisotopic (exact) mass is 494 g/mol. The molecule has 1 aromatic heterocycles. The molecule has 0 atom stereocenters. The van der Waals surface area contributed by atoms with Crippen LogP contribution in [0.5, 0.6) is 5.75 Å². The summed E-state index contributed by atoms with van der Waals surface area (Å²) in [6.07, 6.45) is 2.80. The molecule has 0 aliphatic heterocycles. The molecular formula is C20H16BrClN2O4S. The van der Waals surface area contributed by atoms with Gasteiger partial charge in [0.25, 0.3) is 10.0 Å². The largest absolute Gasteiger partial charge is 0.494 e. The number of nitrogens with one attached hydrogen (secondary N) is 1. The van der Waals surface area contributed by atoms with Crippen molar-refractivity contribution < 1.29 is 17.7 Å². The van der Waals surface area contributed by atoms with E-state index >= 15 is 0 Å². The van der Waals surface area contributed by atoms with Gasteiger partial charge in [0.2, 0.25) is 0 Å². The van der Waals surface area contributed by atoms with E-state index < -0.39 is 10.0 Å². The molecule has 1 spiro atoms. The molecule has 6 nitrogen and oxygen atoms in total. The van der Waals surface area contributed by atoms with E-state index in [1.807, 2.05) is 12.1 Å². The normalized spacial score (nSPS) is 16.2. The fraction of sp³-hybridized carbons (Fsp3) is 0.250. The predicted molar refractivity (Wildman–Crippen MR) is 113 cm³/mol. The van der Waals surface area contributed by atoms with Gasteiger partial charge in [0.1, 0.15) is 4.90 Å². The van der Waals surface area contributed by atoms with Crippen LogP contribution >= 0.6 is 27.5 Å². The lowest BCUT2D eigenvalue weighted by molar-refractivity contribution is 0.403. The third-order valence-electron chi connectivity index (χ3n) is 5.61. The number of hydrogen-bond acceptors (Lipinski definition) is 5. The third-order valence-corrected chi connectivity index (χ3v) is 7.76. The number of nitrogens with zero attached hydrogens (tertiary/aromatic N) is 1. The number of sulfonamides is 1. The van der Waals surface area contributed by atoms with Gasteiger partial charge < -0.3 is 9.26 Å². The minimum atomic E-state index is -3.98. The van der Waals surface area contributed by atoms with Crippen LogP contribution in [0.4, 0.5) is 5.82 Å². The Balaban J connectivity index is 1.59. The molecule has 9 heteroatoms. The molecule has 0 saturated heterocycles. The van der Waals surface area contributed by atoms with Gasteiger partial charge in [0.15, 0.2) is 17.3 Å². The first-order valence-electron chi connectivity index (χ1n) is 8.99. The Kier molecular flexibility index (Phi) is 4.24. The maximum atomic E-state index is 13.1. The van der Waals surface area contributed by atoms with Crippen LogP contribution in [-0.2, 0) is 21.9 Å². The molecule has 0 radical (unpaired) electrons. The Bertz CT molecular complexity index is 1250. The molecule has 1 N–H and O–H groups in total. The number of benzene rings is 2. The Morgan fingerprint density at radius 3 is 2.79 bits per heavy atom. The van der Waals surface area contributed by atoms with Crippen LogP contribution < -0.4 is 9.46 Å². The lowest BCUT2D eigenvalue weighted by atomic mass is 9.79. The second-order valence-electron chi connectivity index (χ2n) is 7.36. The highest BCUT2D eigenvalue weighted by atomic mass is 79.9. The highest BCUT2D eigenvalue weighted by molar-refractivity contribution is 9.10. The van der Waals surface area contributed by atoms with Gasteiger partial charge in [-0.1, -0.05) is 44.8 Å². The van der Waals surface area contributed by atoms with Gasteiger partial charge in [-0.15, -0.1) is 0 Å². The Morgan fingerprint density at radius 2 is 2.07 bits per heavy atom. The van der Waals surface area contributed by atoms with Gasteiger partial charge in [-0.25, -0.2) is 8.42 Å². The van der Waals surface area contributed by atoms with Crippen molar-refractivity contribution >= 4 is 43.4 Å². The molecule has 0 amide bonds. The van der Waals surface area contributed by atoms with Crippen molar-refractivity contribution in [1.82, 2.24) is 5.16 Å². The number of ether oxygens (including phenoxy) is 1. The Morgan fingerprint density at radius 1 is 1.28 bits per heavy atom. The van der Waals surface area contributed by atoms with Crippen molar-refractivity contribution in [2.45, 2.75) is 29.6 Å². The number of halogens is 2. The van der Waals surface area contributed by atoms with Crippen molar-refractivity contribution in [1.29, 1.82) is 0 Å². The van der Waals surface area contributed by atoms with Crippen molar-refractivity contribution in [3.8, 4) is 17.1 Å². The van der Waals surface area contributed by atoms with Crippen LogP contribution in [0, 0.1) is 0 Å². The molecule has 0 bridgehead atoms. The molecule has 2 aliphatic carbocycles. The average Bonchev–Trinajstić information content (AvgIpc) is 3.35. The summed E-state index contributed by atoms with van der Waals surface area (Å²) < 4.78 is 40.4. The third kappa shape index (κ3) is 2.96. The topological polar surface area (TPSA) is 81.4 Å². The van der Waals surface area contributed by atoms with Gasteiger partial charge >= 0.3 is 0 Å². The number of rotatable bonds is 4. The molecule has 1 heterocycles. The van der Waals surface area contributed by atoms with E-state index in [2.05, 4.69) is 31.9 Å². The zero-order valence-electron chi connectivity index (χ0n) is 15.3. The molecular weight excluding hydrogens is 480 g/mol. The second-order valence-corrected chi connectivity index (χ2v) is 10.3. The van der Waals surface area contributed by atoms with Gasteiger partial charge in [-0.05, 0) is 49.1 Å². The molecule has 0 unspecified atom stereocenters. The summed E-state index contributed by atoms with van der Waals surface area (Å²) in [5.41, 5.74) is 2.99. The van der Waals surface area contributed by atoms with E-state index in [4.69, 9.17) is 20.9 Å². The van der Waals surface area contributed by atoms with Crippen molar-refractivity contribution in [2.75, 3.05) is 11.8 Å². The first kappa shape index (κ1) is 19.0. The maximum absolute atomic E-state index is 13.1. The first-order chi connectivity index (χ1) is 13.8. The highest BCUT2D eigenvalue weighted by Gasteiger charge is 2.50. The van der Waals surface area contributed by atoms with Crippen LogP contribution in [-0.4, -0.2) is 20.7 Å². The summed E-state index contributed by atoms with van der Waals surface area (Å²) in [4.78, 5) is -0.0515. The van der Waals surface area contributed by atoms with Crippen molar-refractivity contribution in [3.63, 3.8) is 0 Å². The average molecular weight is 496 g/mol. The number of fused-ring (bicyclic) bond motifs is 4. The summed E-state index contributed by atoms with van der Waals surface area (Å²) in [5.74, 6) is 0.903. The summed E-state index contributed by atoms with van der Waals surface area (Å²) in [6.45, 7) is 0. The number of hydrogen-bond donors (Lipinski definition) is 1.